The SMILES string of the molecule is COc1cc(C(O)C(=O)O)c(Cl)cc1OCC1CC1. The molecule has 5 nitrogen and oxygen atoms in total. The first kappa shape index (κ1) is 14.0. The van der Waals surface area contributed by atoms with Gasteiger partial charge in [0, 0.05) is 11.6 Å². The number of carboxylic acids is 1. The molecule has 19 heavy (non-hydrogen) atoms. The maximum atomic E-state index is 10.8. The van der Waals surface area contributed by atoms with Crippen LogP contribution in [0.15, 0.2) is 12.1 Å². The summed E-state index contributed by atoms with van der Waals surface area (Å²) in [6, 6.07) is 2.87. The highest BCUT2D eigenvalue weighted by Crippen LogP contribution is 2.37. The van der Waals surface area contributed by atoms with E-state index in [1.54, 1.807) is 0 Å². The second kappa shape index (κ2) is 5.67. The lowest BCUT2D eigenvalue weighted by Gasteiger charge is -2.15. The van der Waals surface area contributed by atoms with Gasteiger partial charge < -0.3 is 19.7 Å². The summed E-state index contributed by atoms with van der Waals surface area (Å²) in [6.07, 6.45) is 0.636. The summed E-state index contributed by atoms with van der Waals surface area (Å²) in [7, 11) is 1.45. The maximum absolute atomic E-state index is 10.8. The fourth-order valence-corrected chi connectivity index (χ4v) is 1.91. The van der Waals surface area contributed by atoms with E-state index in [1.165, 1.54) is 19.2 Å². The van der Waals surface area contributed by atoms with Crippen LogP contribution in [-0.4, -0.2) is 29.9 Å². The first-order valence-corrected chi connectivity index (χ1v) is 6.31. The molecule has 0 spiro atoms. The molecular weight excluding hydrogens is 272 g/mol. The highest BCUT2D eigenvalue weighted by atomic mass is 35.5. The molecule has 1 aromatic carbocycles. The Kier molecular flexibility index (Phi) is 4.17. The summed E-state index contributed by atoms with van der Waals surface area (Å²) in [5.74, 6) is 0.0319. The molecule has 2 rings (SSSR count). The Morgan fingerprint density at radius 3 is 2.68 bits per heavy atom. The van der Waals surface area contributed by atoms with Crippen LogP contribution in [0.25, 0.3) is 0 Å². The number of carbonyl (C=O) groups is 1. The number of ether oxygens (including phenoxy) is 2. The van der Waals surface area contributed by atoms with E-state index in [9.17, 15) is 9.90 Å². The summed E-state index contributed by atoms with van der Waals surface area (Å²) >= 11 is 5.97. The van der Waals surface area contributed by atoms with Gasteiger partial charge in [-0.05, 0) is 24.8 Å². The molecule has 1 saturated carbocycles. The zero-order valence-electron chi connectivity index (χ0n) is 10.4. The fourth-order valence-electron chi connectivity index (χ4n) is 1.66. The molecule has 1 unspecified atom stereocenters. The minimum atomic E-state index is -1.68. The molecule has 0 aromatic heterocycles. The Morgan fingerprint density at radius 1 is 1.47 bits per heavy atom. The molecule has 0 aliphatic heterocycles. The highest BCUT2D eigenvalue weighted by molar-refractivity contribution is 6.31. The Balaban J connectivity index is 2.24. The van der Waals surface area contributed by atoms with E-state index >= 15 is 0 Å². The number of rotatable bonds is 6. The van der Waals surface area contributed by atoms with Crippen molar-refractivity contribution in [3.8, 4) is 11.5 Å². The van der Waals surface area contributed by atoms with Crippen LogP contribution in [0.5, 0.6) is 11.5 Å². The van der Waals surface area contributed by atoms with E-state index in [-0.39, 0.29) is 10.6 Å². The van der Waals surface area contributed by atoms with Crippen LogP contribution < -0.4 is 9.47 Å². The van der Waals surface area contributed by atoms with Gasteiger partial charge in [0.25, 0.3) is 0 Å². The standard InChI is InChI=1S/C13H15ClO5/c1-18-10-4-8(12(15)13(16)17)9(14)5-11(10)19-6-7-2-3-7/h4-5,7,12,15H,2-3,6H2,1H3,(H,16,17). The Hall–Kier alpha value is -1.46. The van der Waals surface area contributed by atoms with Gasteiger partial charge in [0.1, 0.15) is 0 Å². The molecule has 0 saturated heterocycles. The quantitative estimate of drug-likeness (QED) is 0.839. The van der Waals surface area contributed by atoms with E-state index in [4.69, 9.17) is 26.2 Å². The second-order valence-electron chi connectivity index (χ2n) is 4.52. The van der Waals surface area contributed by atoms with Crippen LogP contribution in [0.4, 0.5) is 0 Å². The molecule has 1 atom stereocenters. The molecule has 104 valence electrons. The third-order valence-corrected chi connectivity index (χ3v) is 3.31. The van der Waals surface area contributed by atoms with Crippen LogP contribution in [0.2, 0.25) is 5.02 Å². The molecule has 0 amide bonds. The number of carboxylic acid groups (broad SMARTS) is 1. The Morgan fingerprint density at radius 2 is 2.16 bits per heavy atom. The molecule has 1 aliphatic rings. The number of aliphatic hydroxyl groups is 1. The third kappa shape index (κ3) is 3.30. The van der Waals surface area contributed by atoms with Crippen LogP contribution in [0.1, 0.15) is 24.5 Å². The molecule has 0 radical (unpaired) electrons. The van der Waals surface area contributed by atoms with Gasteiger partial charge in [0.2, 0.25) is 0 Å². The zero-order chi connectivity index (χ0) is 14.0. The second-order valence-corrected chi connectivity index (χ2v) is 4.93. The van der Waals surface area contributed by atoms with Gasteiger partial charge in [-0.15, -0.1) is 0 Å². The smallest absolute Gasteiger partial charge is 0.337 e. The van der Waals surface area contributed by atoms with Crippen molar-refractivity contribution in [2.24, 2.45) is 5.92 Å². The maximum Gasteiger partial charge on any atom is 0.337 e. The summed E-state index contributed by atoms with van der Waals surface area (Å²) in [4.78, 5) is 10.8. The van der Waals surface area contributed by atoms with E-state index in [2.05, 4.69) is 0 Å². The molecule has 6 heteroatoms. The number of methoxy groups -OCH3 is 1. The fraction of sp³-hybridized carbons (Fsp3) is 0.462. The predicted molar refractivity (Wildman–Crippen MR) is 68.8 cm³/mol. The van der Waals surface area contributed by atoms with Gasteiger partial charge in [-0.1, -0.05) is 11.6 Å². The molecule has 1 aliphatic carbocycles. The summed E-state index contributed by atoms with van der Waals surface area (Å²) in [5.41, 5.74) is 0.0878. The summed E-state index contributed by atoms with van der Waals surface area (Å²) in [5, 5.41) is 18.5. The van der Waals surface area contributed by atoms with Crippen LogP contribution >= 0.6 is 11.6 Å². The van der Waals surface area contributed by atoms with Crippen molar-refractivity contribution in [1.82, 2.24) is 0 Å². The number of aliphatic carboxylic acids is 1. The van der Waals surface area contributed by atoms with Crippen LogP contribution in [0.3, 0.4) is 0 Å². The van der Waals surface area contributed by atoms with E-state index in [0.29, 0.717) is 24.0 Å². The average molecular weight is 287 g/mol. The first-order chi connectivity index (χ1) is 9.02. The van der Waals surface area contributed by atoms with Crippen molar-refractivity contribution >= 4 is 17.6 Å². The summed E-state index contributed by atoms with van der Waals surface area (Å²) < 4.78 is 10.7. The monoisotopic (exact) mass is 286 g/mol. The third-order valence-electron chi connectivity index (χ3n) is 2.98. The lowest BCUT2D eigenvalue weighted by Crippen LogP contribution is -2.11. The number of hydrogen-bond acceptors (Lipinski definition) is 4. The van der Waals surface area contributed by atoms with Gasteiger partial charge in [-0.3, -0.25) is 0 Å². The number of hydrogen-bond donors (Lipinski definition) is 2. The highest BCUT2D eigenvalue weighted by Gasteiger charge is 2.25. The van der Waals surface area contributed by atoms with Gasteiger partial charge in [-0.2, -0.15) is 0 Å². The molecule has 1 fully saturated rings. The molecule has 0 heterocycles. The predicted octanol–water partition coefficient (Wildman–Crippen LogP) is 2.26. The van der Waals surface area contributed by atoms with Crippen molar-refractivity contribution in [3.63, 3.8) is 0 Å². The van der Waals surface area contributed by atoms with Gasteiger partial charge in [-0.25, -0.2) is 4.79 Å². The average Bonchev–Trinajstić information content (AvgIpc) is 3.19. The van der Waals surface area contributed by atoms with Crippen LogP contribution in [0, 0.1) is 5.92 Å². The van der Waals surface area contributed by atoms with E-state index < -0.39 is 12.1 Å². The van der Waals surface area contributed by atoms with Crippen molar-refractivity contribution in [2.75, 3.05) is 13.7 Å². The lowest BCUT2D eigenvalue weighted by atomic mass is 10.1. The molecule has 1 aromatic rings. The molecular formula is C13H15ClO5. The number of halogens is 1. The number of benzene rings is 1. The molecule has 0 bridgehead atoms. The van der Waals surface area contributed by atoms with Crippen molar-refractivity contribution in [3.05, 3.63) is 22.7 Å². The van der Waals surface area contributed by atoms with E-state index in [1.807, 2.05) is 0 Å². The first-order valence-electron chi connectivity index (χ1n) is 5.94. The Bertz CT molecular complexity index is 484. The van der Waals surface area contributed by atoms with Crippen molar-refractivity contribution in [1.29, 1.82) is 0 Å². The van der Waals surface area contributed by atoms with Gasteiger partial charge >= 0.3 is 5.97 Å². The minimum absolute atomic E-state index is 0.0878. The summed E-state index contributed by atoms with van der Waals surface area (Å²) in [6.45, 7) is 0.591. The number of aliphatic hydroxyl groups excluding tert-OH is 1. The van der Waals surface area contributed by atoms with Crippen molar-refractivity contribution < 1.29 is 24.5 Å². The van der Waals surface area contributed by atoms with Gasteiger partial charge in [0.15, 0.2) is 17.6 Å². The topological polar surface area (TPSA) is 76.0 Å². The van der Waals surface area contributed by atoms with Gasteiger partial charge in [0.05, 0.1) is 18.7 Å². The zero-order valence-corrected chi connectivity index (χ0v) is 11.2. The van der Waals surface area contributed by atoms with Crippen molar-refractivity contribution in [2.45, 2.75) is 18.9 Å². The largest absolute Gasteiger partial charge is 0.493 e. The molecule has 2 N–H and O–H groups in total. The normalized spacial score (nSPS) is 15.9. The Labute approximate surface area is 115 Å². The lowest BCUT2D eigenvalue weighted by molar-refractivity contribution is -0.146. The minimum Gasteiger partial charge on any atom is -0.493 e. The van der Waals surface area contributed by atoms with E-state index in [0.717, 1.165) is 12.8 Å². The van der Waals surface area contributed by atoms with Crippen LogP contribution in [-0.2, 0) is 4.79 Å².